The van der Waals surface area contributed by atoms with Gasteiger partial charge in [-0.05, 0) is 75.1 Å². The number of hydrogen-bond acceptors (Lipinski definition) is 4. The van der Waals surface area contributed by atoms with Crippen molar-refractivity contribution in [1.82, 2.24) is 5.32 Å². The summed E-state index contributed by atoms with van der Waals surface area (Å²) in [6.07, 6.45) is 0.699. The van der Waals surface area contributed by atoms with Gasteiger partial charge in [-0.15, -0.1) is 0 Å². The average molecular weight is 405 g/mol. The van der Waals surface area contributed by atoms with Crippen molar-refractivity contribution in [2.75, 3.05) is 24.5 Å². The Bertz CT molecular complexity index is 939. The summed E-state index contributed by atoms with van der Waals surface area (Å²) in [5.41, 5.74) is 3.46. The quantitative estimate of drug-likeness (QED) is 0.626. The molecule has 2 N–H and O–H groups in total. The molecule has 0 aliphatic rings. The molecule has 0 heterocycles. The van der Waals surface area contributed by atoms with Crippen LogP contribution in [0.1, 0.15) is 40.4 Å². The summed E-state index contributed by atoms with van der Waals surface area (Å²) in [5, 5.41) is 2.79. The van der Waals surface area contributed by atoms with E-state index in [4.69, 9.17) is 4.74 Å². The molecule has 0 fully saturated rings. The van der Waals surface area contributed by atoms with E-state index in [2.05, 4.69) is 10.0 Å². The molecule has 0 bridgehead atoms. The minimum Gasteiger partial charge on any atom is -0.382 e. The first-order valence-electron chi connectivity index (χ1n) is 9.31. The number of carbonyl (C=O) groups is 1. The summed E-state index contributed by atoms with van der Waals surface area (Å²) < 4.78 is 33.6. The van der Waals surface area contributed by atoms with E-state index in [1.807, 2.05) is 26.8 Å². The van der Waals surface area contributed by atoms with Gasteiger partial charge in [-0.3, -0.25) is 9.52 Å². The highest BCUT2D eigenvalue weighted by atomic mass is 32.2. The molecule has 2 aromatic rings. The van der Waals surface area contributed by atoms with Crippen LogP contribution in [0.2, 0.25) is 0 Å². The van der Waals surface area contributed by atoms with Gasteiger partial charge in [-0.25, -0.2) is 8.42 Å². The van der Waals surface area contributed by atoms with E-state index in [1.165, 1.54) is 6.07 Å². The molecule has 1 amide bonds. The third-order valence-electron chi connectivity index (χ3n) is 4.45. The molecule has 0 aliphatic heterocycles. The zero-order chi connectivity index (χ0) is 20.7. The maximum atomic E-state index is 12.9. The van der Waals surface area contributed by atoms with E-state index in [-0.39, 0.29) is 10.8 Å². The summed E-state index contributed by atoms with van der Waals surface area (Å²) in [6, 6.07) is 10.1. The fourth-order valence-corrected chi connectivity index (χ4v) is 3.99. The molecule has 0 saturated carbocycles. The summed E-state index contributed by atoms with van der Waals surface area (Å²) in [7, 11) is -3.81. The van der Waals surface area contributed by atoms with Crippen molar-refractivity contribution < 1.29 is 17.9 Å². The van der Waals surface area contributed by atoms with E-state index in [9.17, 15) is 13.2 Å². The Balaban J connectivity index is 2.16. The summed E-state index contributed by atoms with van der Waals surface area (Å²) in [6.45, 7) is 9.20. The van der Waals surface area contributed by atoms with Gasteiger partial charge in [0.2, 0.25) is 0 Å². The molecule has 2 aromatic carbocycles. The lowest BCUT2D eigenvalue weighted by atomic mass is 10.1. The van der Waals surface area contributed by atoms with Gasteiger partial charge in [-0.2, -0.15) is 0 Å². The first kappa shape index (κ1) is 21.9. The first-order chi connectivity index (χ1) is 13.2. The standard InChI is InChI=1S/C21H28N2O4S/c1-5-27-12-6-11-22-21(24)18-9-7-16(3)20(14-18)28(25,26)23-19-10-8-15(2)17(4)13-19/h7-10,13-14,23H,5-6,11-12H2,1-4H3,(H,22,24). The number of ether oxygens (including phenoxy) is 1. The minimum atomic E-state index is -3.81. The largest absolute Gasteiger partial charge is 0.382 e. The highest BCUT2D eigenvalue weighted by Crippen LogP contribution is 2.22. The van der Waals surface area contributed by atoms with Gasteiger partial charge in [-0.1, -0.05) is 12.1 Å². The molecule has 0 atom stereocenters. The summed E-state index contributed by atoms with van der Waals surface area (Å²) >= 11 is 0. The van der Waals surface area contributed by atoms with Gasteiger partial charge in [0, 0.05) is 31.0 Å². The van der Waals surface area contributed by atoms with Crippen molar-refractivity contribution in [3.8, 4) is 0 Å². The van der Waals surface area contributed by atoms with Crippen molar-refractivity contribution in [3.63, 3.8) is 0 Å². The Kier molecular flexibility index (Phi) is 7.60. The predicted molar refractivity (Wildman–Crippen MR) is 111 cm³/mol. The number of anilines is 1. The van der Waals surface area contributed by atoms with Crippen LogP contribution in [0.4, 0.5) is 5.69 Å². The van der Waals surface area contributed by atoms with Crippen LogP contribution >= 0.6 is 0 Å². The van der Waals surface area contributed by atoms with E-state index in [0.29, 0.717) is 43.0 Å². The number of amides is 1. The van der Waals surface area contributed by atoms with Crippen molar-refractivity contribution >= 4 is 21.6 Å². The second-order valence-corrected chi connectivity index (χ2v) is 8.34. The van der Waals surface area contributed by atoms with Crippen LogP contribution in [0.5, 0.6) is 0 Å². The lowest BCUT2D eigenvalue weighted by molar-refractivity contribution is 0.0944. The second kappa shape index (κ2) is 9.71. The Hall–Kier alpha value is -2.38. The van der Waals surface area contributed by atoms with Crippen LogP contribution in [-0.4, -0.2) is 34.1 Å². The smallest absolute Gasteiger partial charge is 0.262 e. The van der Waals surface area contributed by atoms with E-state index >= 15 is 0 Å². The van der Waals surface area contributed by atoms with Crippen LogP contribution in [0.25, 0.3) is 0 Å². The monoisotopic (exact) mass is 404 g/mol. The zero-order valence-electron chi connectivity index (χ0n) is 16.8. The summed E-state index contributed by atoms with van der Waals surface area (Å²) in [5.74, 6) is -0.306. The molecular weight excluding hydrogens is 376 g/mol. The normalized spacial score (nSPS) is 11.3. The van der Waals surface area contributed by atoms with Crippen LogP contribution in [0.3, 0.4) is 0 Å². The van der Waals surface area contributed by atoms with Crippen LogP contribution < -0.4 is 10.0 Å². The van der Waals surface area contributed by atoms with Gasteiger partial charge in [0.05, 0.1) is 4.90 Å². The lowest BCUT2D eigenvalue weighted by Gasteiger charge is -2.13. The summed E-state index contributed by atoms with van der Waals surface area (Å²) in [4.78, 5) is 12.4. The minimum absolute atomic E-state index is 0.0905. The third-order valence-corrected chi connectivity index (χ3v) is 5.98. The number of benzene rings is 2. The second-order valence-electron chi connectivity index (χ2n) is 6.69. The number of aryl methyl sites for hydroxylation is 3. The van der Waals surface area contributed by atoms with Crippen molar-refractivity contribution in [1.29, 1.82) is 0 Å². The van der Waals surface area contributed by atoms with Crippen molar-refractivity contribution in [2.24, 2.45) is 0 Å². The van der Waals surface area contributed by atoms with Gasteiger partial charge < -0.3 is 10.1 Å². The fraction of sp³-hybridized carbons (Fsp3) is 0.381. The number of carbonyl (C=O) groups excluding carboxylic acids is 1. The van der Waals surface area contributed by atoms with E-state index < -0.39 is 10.0 Å². The molecule has 0 aliphatic carbocycles. The van der Waals surface area contributed by atoms with Gasteiger partial charge >= 0.3 is 0 Å². The maximum Gasteiger partial charge on any atom is 0.262 e. The number of rotatable bonds is 9. The van der Waals surface area contributed by atoms with Gasteiger partial charge in [0.15, 0.2) is 0 Å². The van der Waals surface area contributed by atoms with Crippen LogP contribution in [-0.2, 0) is 14.8 Å². The molecular formula is C21H28N2O4S. The molecule has 0 radical (unpaired) electrons. The average Bonchev–Trinajstić information content (AvgIpc) is 2.64. The molecule has 28 heavy (non-hydrogen) atoms. The Morgan fingerprint density at radius 1 is 1.00 bits per heavy atom. The van der Waals surface area contributed by atoms with Crippen LogP contribution in [0.15, 0.2) is 41.3 Å². The fourth-order valence-electron chi connectivity index (χ4n) is 2.67. The molecule has 2 rings (SSSR count). The molecule has 152 valence electrons. The Morgan fingerprint density at radius 3 is 2.39 bits per heavy atom. The Morgan fingerprint density at radius 2 is 1.71 bits per heavy atom. The molecule has 0 spiro atoms. The van der Waals surface area contributed by atoms with Gasteiger partial charge in [0.1, 0.15) is 0 Å². The SMILES string of the molecule is CCOCCCNC(=O)c1ccc(C)c(S(=O)(=O)Nc2ccc(C)c(C)c2)c1. The Labute approximate surface area is 167 Å². The highest BCUT2D eigenvalue weighted by Gasteiger charge is 2.19. The van der Waals surface area contributed by atoms with Crippen LogP contribution in [0, 0.1) is 20.8 Å². The van der Waals surface area contributed by atoms with Crippen molar-refractivity contribution in [2.45, 2.75) is 39.0 Å². The van der Waals surface area contributed by atoms with Crippen molar-refractivity contribution in [3.05, 3.63) is 58.7 Å². The molecule has 6 nitrogen and oxygen atoms in total. The lowest BCUT2D eigenvalue weighted by Crippen LogP contribution is -2.26. The van der Waals surface area contributed by atoms with Gasteiger partial charge in [0.25, 0.3) is 15.9 Å². The van der Waals surface area contributed by atoms with E-state index in [0.717, 1.165) is 11.1 Å². The molecule has 0 unspecified atom stereocenters. The topological polar surface area (TPSA) is 84.5 Å². The molecule has 0 aromatic heterocycles. The molecule has 7 heteroatoms. The number of hydrogen-bond donors (Lipinski definition) is 2. The number of sulfonamides is 1. The zero-order valence-corrected chi connectivity index (χ0v) is 17.7. The number of nitrogens with one attached hydrogen (secondary N) is 2. The third kappa shape index (κ3) is 5.81. The maximum absolute atomic E-state index is 12.9. The first-order valence-corrected chi connectivity index (χ1v) is 10.8. The predicted octanol–water partition coefficient (Wildman–Crippen LogP) is 3.57. The highest BCUT2D eigenvalue weighted by molar-refractivity contribution is 7.92. The van der Waals surface area contributed by atoms with E-state index in [1.54, 1.807) is 31.2 Å². The molecule has 0 saturated heterocycles.